The molecule has 0 aliphatic heterocycles. The van der Waals surface area contributed by atoms with Crippen molar-refractivity contribution in [2.24, 2.45) is 11.8 Å². The number of amides is 1. The highest BCUT2D eigenvalue weighted by Crippen LogP contribution is 2.45. The number of aromatic nitrogens is 1. The highest BCUT2D eigenvalue weighted by molar-refractivity contribution is 7.15. The van der Waals surface area contributed by atoms with E-state index < -0.39 is 8.32 Å². The second-order valence-electron chi connectivity index (χ2n) is 16.1. The van der Waals surface area contributed by atoms with Gasteiger partial charge in [0.15, 0.2) is 8.32 Å². The number of anilines is 1. The van der Waals surface area contributed by atoms with E-state index in [1.54, 1.807) is 7.11 Å². The normalized spacial score (nSPS) is 23.8. The standard InChI is InChI=1S/C40H56N2O3SSi/c1-27-23-32(19-22-36(27)44-5)29-13-11-28(12-14-29)26-42(34-10-8-9-33(24-34)37-25-41-38(46-37)30-15-16-30)39(43)31-17-20-35(21-18-31)45-47(6,7)40(2,3)4/h8-10,19,22-25,28-31,35H,11-18,20-21,26H2,1-7H3/t28-,29-,31-,35-. The van der Waals surface area contributed by atoms with Crippen molar-refractivity contribution in [3.8, 4) is 16.2 Å². The van der Waals surface area contributed by atoms with Crippen LogP contribution in [0.25, 0.3) is 10.4 Å². The molecule has 2 aromatic carbocycles. The van der Waals surface area contributed by atoms with Crippen LogP contribution in [0.3, 0.4) is 0 Å². The lowest BCUT2D eigenvalue weighted by Crippen LogP contribution is -2.46. The number of hydrogen-bond acceptors (Lipinski definition) is 5. The van der Waals surface area contributed by atoms with E-state index in [2.05, 4.69) is 88.2 Å². The molecule has 6 rings (SSSR count). The van der Waals surface area contributed by atoms with Crippen molar-refractivity contribution >= 4 is 31.2 Å². The van der Waals surface area contributed by atoms with Crippen molar-refractivity contribution in [1.29, 1.82) is 0 Å². The van der Waals surface area contributed by atoms with Gasteiger partial charge in [-0.1, -0.05) is 45.0 Å². The maximum Gasteiger partial charge on any atom is 0.230 e. The topological polar surface area (TPSA) is 51.7 Å². The fourth-order valence-electron chi connectivity index (χ4n) is 7.42. The van der Waals surface area contributed by atoms with Gasteiger partial charge in [0, 0.05) is 36.4 Å². The molecule has 7 heteroatoms. The van der Waals surface area contributed by atoms with Crippen LogP contribution in [0.4, 0.5) is 5.69 Å². The largest absolute Gasteiger partial charge is 0.496 e. The van der Waals surface area contributed by atoms with Gasteiger partial charge in [-0.05, 0) is 136 Å². The number of carbonyl (C=O) groups excluding carboxylic acids is 1. The van der Waals surface area contributed by atoms with Crippen LogP contribution in [-0.2, 0) is 9.22 Å². The van der Waals surface area contributed by atoms with E-state index in [9.17, 15) is 4.79 Å². The number of rotatable bonds is 10. The van der Waals surface area contributed by atoms with Crippen LogP contribution >= 0.6 is 11.3 Å². The summed E-state index contributed by atoms with van der Waals surface area (Å²) >= 11 is 1.82. The number of nitrogens with zero attached hydrogens (tertiary/aromatic N) is 2. The second kappa shape index (κ2) is 14.2. The Balaban J connectivity index is 1.17. The summed E-state index contributed by atoms with van der Waals surface area (Å²) in [5, 5.41) is 1.46. The number of aryl methyl sites for hydroxylation is 1. The van der Waals surface area contributed by atoms with Crippen LogP contribution in [0.2, 0.25) is 18.1 Å². The molecule has 1 amide bonds. The Hall–Kier alpha value is -2.48. The maximum absolute atomic E-state index is 14.5. The van der Waals surface area contributed by atoms with Crippen molar-refractivity contribution in [1.82, 2.24) is 4.98 Å². The van der Waals surface area contributed by atoms with Gasteiger partial charge in [-0.2, -0.15) is 0 Å². The zero-order chi connectivity index (χ0) is 33.3. The van der Waals surface area contributed by atoms with Crippen molar-refractivity contribution < 1.29 is 14.0 Å². The summed E-state index contributed by atoms with van der Waals surface area (Å²) in [5.41, 5.74) is 4.85. The highest BCUT2D eigenvalue weighted by atomic mass is 32.1. The zero-order valence-electron chi connectivity index (χ0n) is 29.8. The van der Waals surface area contributed by atoms with E-state index in [0.29, 0.717) is 23.7 Å². The Labute approximate surface area is 288 Å². The summed E-state index contributed by atoms with van der Waals surface area (Å²) < 4.78 is 12.3. The van der Waals surface area contributed by atoms with Crippen LogP contribution in [0.1, 0.15) is 113 Å². The fourth-order valence-corrected chi connectivity index (χ4v) is 9.93. The first-order chi connectivity index (χ1) is 22.4. The molecule has 254 valence electrons. The Bertz CT molecular complexity index is 1520. The van der Waals surface area contributed by atoms with Gasteiger partial charge in [-0.15, -0.1) is 11.3 Å². The molecule has 0 saturated heterocycles. The number of benzene rings is 2. The third-order valence-corrected chi connectivity index (χ3v) is 17.4. The van der Waals surface area contributed by atoms with Crippen molar-refractivity contribution in [3.05, 3.63) is 64.8 Å². The molecule has 0 N–H and O–H groups in total. The first-order valence-electron chi connectivity index (χ1n) is 18.1. The molecule has 0 unspecified atom stereocenters. The number of hydrogen-bond donors (Lipinski definition) is 0. The van der Waals surface area contributed by atoms with Gasteiger partial charge in [0.05, 0.1) is 17.0 Å². The smallest absolute Gasteiger partial charge is 0.230 e. The minimum Gasteiger partial charge on any atom is -0.496 e. The van der Waals surface area contributed by atoms with Crippen LogP contribution < -0.4 is 9.64 Å². The third kappa shape index (κ3) is 8.05. The third-order valence-electron chi connectivity index (χ3n) is 11.6. The van der Waals surface area contributed by atoms with Gasteiger partial charge in [-0.3, -0.25) is 4.79 Å². The van der Waals surface area contributed by atoms with Gasteiger partial charge >= 0.3 is 0 Å². The lowest BCUT2D eigenvalue weighted by atomic mass is 9.78. The van der Waals surface area contributed by atoms with Crippen LogP contribution in [0.15, 0.2) is 48.7 Å². The number of carbonyl (C=O) groups is 1. The van der Waals surface area contributed by atoms with Gasteiger partial charge < -0.3 is 14.1 Å². The van der Waals surface area contributed by atoms with E-state index in [1.807, 2.05) is 17.5 Å². The van der Waals surface area contributed by atoms with Crippen molar-refractivity contribution in [2.75, 3.05) is 18.6 Å². The Kier molecular flexibility index (Phi) is 10.4. The van der Waals surface area contributed by atoms with Crippen LogP contribution in [-0.4, -0.2) is 39.0 Å². The predicted octanol–water partition coefficient (Wildman–Crippen LogP) is 10.9. The molecular formula is C40H56N2O3SSi. The van der Waals surface area contributed by atoms with E-state index >= 15 is 0 Å². The Morgan fingerprint density at radius 3 is 2.28 bits per heavy atom. The minimum atomic E-state index is -1.83. The summed E-state index contributed by atoms with van der Waals surface area (Å²) in [6.45, 7) is 14.6. The lowest BCUT2D eigenvalue weighted by molar-refractivity contribution is -0.124. The molecule has 0 spiro atoms. The van der Waals surface area contributed by atoms with Gasteiger partial charge in [0.25, 0.3) is 0 Å². The fraction of sp³-hybridized carbons (Fsp3) is 0.600. The van der Waals surface area contributed by atoms with Gasteiger partial charge in [0.1, 0.15) is 5.75 Å². The first kappa shape index (κ1) is 34.4. The van der Waals surface area contributed by atoms with Gasteiger partial charge in [-0.25, -0.2) is 4.98 Å². The average Bonchev–Trinajstić information content (AvgIpc) is 3.79. The molecule has 3 fully saturated rings. The zero-order valence-corrected chi connectivity index (χ0v) is 31.6. The summed E-state index contributed by atoms with van der Waals surface area (Å²) in [4.78, 5) is 22.7. The molecule has 5 nitrogen and oxygen atoms in total. The highest BCUT2D eigenvalue weighted by Gasteiger charge is 2.41. The molecule has 1 aromatic heterocycles. The van der Waals surface area contributed by atoms with Crippen molar-refractivity contribution in [2.45, 2.75) is 128 Å². The number of ether oxygens (including phenoxy) is 1. The molecule has 1 heterocycles. The average molecular weight is 673 g/mol. The summed E-state index contributed by atoms with van der Waals surface area (Å²) in [6, 6.07) is 15.4. The van der Waals surface area contributed by atoms with Crippen LogP contribution in [0, 0.1) is 18.8 Å². The van der Waals surface area contributed by atoms with Crippen LogP contribution in [0.5, 0.6) is 5.75 Å². The molecule has 47 heavy (non-hydrogen) atoms. The molecule has 0 radical (unpaired) electrons. The minimum absolute atomic E-state index is 0.0569. The summed E-state index contributed by atoms with van der Waals surface area (Å²) in [5.74, 6) is 3.06. The van der Waals surface area contributed by atoms with E-state index in [4.69, 9.17) is 14.1 Å². The molecule has 0 bridgehead atoms. The number of thiazole rings is 1. The molecule has 0 atom stereocenters. The first-order valence-corrected chi connectivity index (χ1v) is 21.8. The summed E-state index contributed by atoms with van der Waals surface area (Å²) in [6.07, 6.45) is 13.3. The number of methoxy groups -OCH3 is 1. The molecule has 3 aromatic rings. The van der Waals surface area contributed by atoms with Crippen molar-refractivity contribution in [3.63, 3.8) is 0 Å². The maximum atomic E-state index is 14.5. The summed E-state index contributed by atoms with van der Waals surface area (Å²) in [7, 11) is -0.0862. The predicted molar refractivity (Wildman–Crippen MR) is 198 cm³/mol. The second-order valence-corrected chi connectivity index (χ2v) is 22.0. The monoisotopic (exact) mass is 672 g/mol. The SMILES string of the molecule is COc1ccc([C@H]2CC[C@H](CN(c3cccc(-c4cnc(C5CC5)s4)c3)C(=O)[C@H]3CC[C@H](O[Si](C)(C)C(C)(C)C)CC3)CC2)cc1C. The lowest BCUT2D eigenvalue weighted by Gasteiger charge is -2.41. The molecular weight excluding hydrogens is 617 g/mol. The molecule has 3 saturated carbocycles. The quantitative estimate of drug-likeness (QED) is 0.201. The molecule has 3 aliphatic carbocycles. The van der Waals surface area contributed by atoms with E-state index in [-0.39, 0.29) is 17.1 Å². The van der Waals surface area contributed by atoms with Gasteiger partial charge in [0.2, 0.25) is 5.91 Å². The Morgan fingerprint density at radius 2 is 1.64 bits per heavy atom. The van der Waals surface area contributed by atoms with E-state index in [1.165, 1.54) is 52.3 Å². The Morgan fingerprint density at radius 1 is 0.936 bits per heavy atom. The van der Waals surface area contributed by atoms with E-state index in [0.717, 1.165) is 56.5 Å². The molecule has 3 aliphatic rings.